The summed E-state index contributed by atoms with van der Waals surface area (Å²) in [7, 11) is 2.19. The molecule has 0 aliphatic heterocycles. The highest BCUT2D eigenvalue weighted by Gasteiger charge is 2.07. The molecule has 0 aliphatic carbocycles. The average molecular weight is 274 g/mol. The molecule has 1 unspecified atom stereocenters. The monoisotopic (exact) mass is 274 g/mol. The number of thiophene rings is 1. The van der Waals surface area contributed by atoms with E-state index < -0.39 is 0 Å². The lowest BCUT2D eigenvalue weighted by molar-refractivity contribution is 0.314. The van der Waals surface area contributed by atoms with E-state index in [-0.39, 0.29) is 0 Å². The van der Waals surface area contributed by atoms with E-state index >= 15 is 0 Å². The third-order valence-electron chi connectivity index (χ3n) is 3.48. The fourth-order valence-electron chi connectivity index (χ4n) is 2.18. The van der Waals surface area contributed by atoms with Crippen molar-refractivity contribution in [2.45, 2.75) is 25.8 Å². The number of nitrogens with zero attached hydrogens (tertiary/aromatic N) is 1. The third kappa shape index (κ3) is 4.37. The molecule has 102 valence electrons. The highest BCUT2D eigenvalue weighted by molar-refractivity contribution is 7.07. The van der Waals surface area contributed by atoms with Crippen molar-refractivity contribution in [1.82, 2.24) is 4.90 Å². The summed E-state index contributed by atoms with van der Waals surface area (Å²) in [4.78, 5) is 2.38. The van der Waals surface area contributed by atoms with E-state index in [1.165, 1.54) is 17.5 Å². The summed E-state index contributed by atoms with van der Waals surface area (Å²) < 4.78 is 0. The van der Waals surface area contributed by atoms with E-state index in [0.29, 0.717) is 5.92 Å². The Bertz CT molecular complexity index is 476. The van der Waals surface area contributed by atoms with Gasteiger partial charge in [0.25, 0.3) is 0 Å². The molecule has 0 aliphatic rings. The van der Waals surface area contributed by atoms with Crippen molar-refractivity contribution in [3.8, 4) is 0 Å². The molecular weight excluding hydrogens is 252 g/mol. The van der Waals surface area contributed by atoms with Gasteiger partial charge >= 0.3 is 0 Å². The van der Waals surface area contributed by atoms with Crippen molar-refractivity contribution in [2.75, 3.05) is 19.3 Å². The smallest absolute Gasteiger partial charge is 0.0314 e. The zero-order valence-electron chi connectivity index (χ0n) is 11.7. The first-order chi connectivity index (χ1) is 9.15. The SMILES string of the molecule is CC(CCN(C)Cc1ccsc1)c1ccc(N)cc1. The second-order valence-electron chi connectivity index (χ2n) is 5.23. The number of hydrogen-bond donors (Lipinski definition) is 1. The van der Waals surface area contributed by atoms with Crippen molar-refractivity contribution in [1.29, 1.82) is 0 Å². The van der Waals surface area contributed by atoms with Crippen LogP contribution < -0.4 is 5.73 Å². The first-order valence-electron chi connectivity index (χ1n) is 6.70. The van der Waals surface area contributed by atoms with Gasteiger partial charge in [-0.1, -0.05) is 19.1 Å². The molecule has 2 N–H and O–H groups in total. The van der Waals surface area contributed by atoms with E-state index in [0.717, 1.165) is 18.8 Å². The molecule has 0 amide bonds. The highest BCUT2D eigenvalue weighted by atomic mass is 32.1. The molecule has 0 bridgehead atoms. The summed E-state index contributed by atoms with van der Waals surface area (Å²) in [6.07, 6.45) is 1.17. The van der Waals surface area contributed by atoms with Gasteiger partial charge in [-0.25, -0.2) is 0 Å². The topological polar surface area (TPSA) is 29.3 Å². The van der Waals surface area contributed by atoms with Gasteiger partial charge < -0.3 is 10.6 Å². The van der Waals surface area contributed by atoms with Crippen LogP contribution in [0.2, 0.25) is 0 Å². The van der Waals surface area contributed by atoms with Crippen molar-refractivity contribution >= 4 is 17.0 Å². The first kappa shape index (κ1) is 14.1. The van der Waals surface area contributed by atoms with Crippen LogP contribution in [0.25, 0.3) is 0 Å². The quantitative estimate of drug-likeness (QED) is 0.808. The third-order valence-corrected chi connectivity index (χ3v) is 4.21. The van der Waals surface area contributed by atoms with Gasteiger partial charge in [0.2, 0.25) is 0 Å². The number of anilines is 1. The predicted octanol–water partition coefficient (Wildman–Crippen LogP) is 3.96. The van der Waals surface area contributed by atoms with Crippen LogP contribution in [0.15, 0.2) is 41.1 Å². The van der Waals surface area contributed by atoms with E-state index in [1.54, 1.807) is 11.3 Å². The Morgan fingerprint density at radius 1 is 1.21 bits per heavy atom. The standard InChI is InChI=1S/C16H22N2S/c1-13(15-3-5-16(17)6-4-15)7-9-18(2)11-14-8-10-19-12-14/h3-6,8,10,12-13H,7,9,11,17H2,1-2H3. The van der Waals surface area contributed by atoms with E-state index in [1.807, 2.05) is 12.1 Å². The van der Waals surface area contributed by atoms with Gasteiger partial charge in [-0.2, -0.15) is 11.3 Å². The molecule has 0 fully saturated rings. The summed E-state index contributed by atoms with van der Waals surface area (Å²) in [5.41, 5.74) is 9.34. The Balaban J connectivity index is 1.79. The molecular formula is C16H22N2S. The van der Waals surface area contributed by atoms with E-state index in [2.05, 4.69) is 47.8 Å². The first-order valence-corrected chi connectivity index (χ1v) is 7.64. The molecule has 1 aromatic heterocycles. The molecule has 0 spiro atoms. The van der Waals surface area contributed by atoms with E-state index in [9.17, 15) is 0 Å². The maximum Gasteiger partial charge on any atom is 0.0314 e. The van der Waals surface area contributed by atoms with Crippen LogP contribution in [0, 0.1) is 0 Å². The summed E-state index contributed by atoms with van der Waals surface area (Å²) in [5.74, 6) is 0.575. The second-order valence-corrected chi connectivity index (χ2v) is 6.01. The molecule has 3 heteroatoms. The predicted molar refractivity (Wildman–Crippen MR) is 84.5 cm³/mol. The molecule has 0 saturated carbocycles. The van der Waals surface area contributed by atoms with Crippen LogP contribution in [-0.4, -0.2) is 18.5 Å². The Labute approximate surface area is 119 Å². The Hall–Kier alpha value is -1.32. The van der Waals surface area contributed by atoms with Crippen LogP contribution in [0.3, 0.4) is 0 Å². The Morgan fingerprint density at radius 3 is 2.58 bits per heavy atom. The van der Waals surface area contributed by atoms with Gasteiger partial charge in [-0.05, 0) is 66.0 Å². The molecule has 0 radical (unpaired) electrons. The van der Waals surface area contributed by atoms with Gasteiger partial charge in [0.05, 0.1) is 0 Å². The molecule has 2 aromatic rings. The van der Waals surface area contributed by atoms with Crippen LogP contribution >= 0.6 is 11.3 Å². The number of hydrogen-bond acceptors (Lipinski definition) is 3. The number of benzene rings is 1. The molecule has 19 heavy (non-hydrogen) atoms. The summed E-state index contributed by atoms with van der Waals surface area (Å²) in [5, 5.41) is 4.36. The van der Waals surface area contributed by atoms with Gasteiger partial charge in [0, 0.05) is 12.2 Å². The maximum absolute atomic E-state index is 5.72. The molecule has 2 nitrogen and oxygen atoms in total. The molecule has 1 atom stereocenters. The van der Waals surface area contributed by atoms with Crippen LogP contribution in [0.5, 0.6) is 0 Å². The van der Waals surface area contributed by atoms with Gasteiger partial charge in [-0.15, -0.1) is 0 Å². The summed E-state index contributed by atoms with van der Waals surface area (Å²) in [6, 6.07) is 10.4. The number of rotatable bonds is 6. The van der Waals surface area contributed by atoms with Crippen LogP contribution in [0.1, 0.15) is 30.4 Å². The van der Waals surface area contributed by atoms with Crippen LogP contribution in [-0.2, 0) is 6.54 Å². The van der Waals surface area contributed by atoms with Gasteiger partial charge in [0.15, 0.2) is 0 Å². The molecule has 1 aromatic carbocycles. The minimum Gasteiger partial charge on any atom is -0.399 e. The lowest BCUT2D eigenvalue weighted by Gasteiger charge is -2.19. The van der Waals surface area contributed by atoms with Crippen molar-refractivity contribution in [2.24, 2.45) is 0 Å². The normalized spacial score (nSPS) is 12.8. The zero-order chi connectivity index (χ0) is 13.7. The van der Waals surface area contributed by atoms with Gasteiger partial charge in [0.1, 0.15) is 0 Å². The van der Waals surface area contributed by atoms with Gasteiger partial charge in [-0.3, -0.25) is 0 Å². The van der Waals surface area contributed by atoms with E-state index in [4.69, 9.17) is 5.73 Å². The molecule has 1 heterocycles. The largest absolute Gasteiger partial charge is 0.399 e. The minimum atomic E-state index is 0.575. The fourth-order valence-corrected chi connectivity index (χ4v) is 2.84. The minimum absolute atomic E-state index is 0.575. The molecule has 0 saturated heterocycles. The Kier molecular flexibility index (Phi) is 5.00. The number of nitrogens with two attached hydrogens (primary N) is 1. The Morgan fingerprint density at radius 2 is 1.95 bits per heavy atom. The van der Waals surface area contributed by atoms with Crippen molar-refractivity contribution < 1.29 is 0 Å². The number of nitrogen functional groups attached to an aromatic ring is 1. The lowest BCUT2D eigenvalue weighted by atomic mass is 9.97. The maximum atomic E-state index is 5.72. The van der Waals surface area contributed by atoms with Crippen molar-refractivity contribution in [3.63, 3.8) is 0 Å². The van der Waals surface area contributed by atoms with Crippen LogP contribution in [0.4, 0.5) is 5.69 Å². The summed E-state index contributed by atoms with van der Waals surface area (Å²) in [6.45, 7) is 4.43. The zero-order valence-corrected chi connectivity index (χ0v) is 12.5. The summed E-state index contributed by atoms with van der Waals surface area (Å²) >= 11 is 1.77. The molecule has 2 rings (SSSR count). The second kappa shape index (κ2) is 6.73. The lowest BCUT2D eigenvalue weighted by Crippen LogP contribution is -2.20. The highest BCUT2D eigenvalue weighted by Crippen LogP contribution is 2.20. The fraction of sp³-hybridized carbons (Fsp3) is 0.375. The van der Waals surface area contributed by atoms with Crippen molar-refractivity contribution in [3.05, 3.63) is 52.2 Å². The average Bonchev–Trinajstić information content (AvgIpc) is 2.89.